The van der Waals surface area contributed by atoms with Crippen LogP contribution in [0.25, 0.3) is 0 Å². The predicted octanol–water partition coefficient (Wildman–Crippen LogP) is 4.29. The molecular formula is C14H8BrF3O. The summed E-state index contributed by atoms with van der Waals surface area (Å²) in [6.07, 6.45) is -0.392. The molecule has 2 aromatic carbocycles. The minimum Gasteiger partial charge on any atom is -0.294 e. The molecule has 1 nitrogen and oxygen atoms in total. The summed E-state index contributed by atoms with van der Waals surface area (Å²) in [6, 6.07) is 7.47. The lowest BCUT2D eigenvalue weighted by molar-refractivity contribution is 0.0987. The molecule has 2 aromatic rings. The molecule has 0 bridgehead atoms. The quantitative estimate of drug-likeness (QED) is 0.768. The fourth-order valence-electron chi connectivity index (χ4n) is 1.66. The van der Waals surface area contributed by atoms with Crippen molar-refractivity contribution in [3.63, 3.8) is 0 Å². The third kappa shape index (κ3) is 3.04. The van der Waals surface area contributed by atoms with Gasteiger partial charge in [-0.3, -0.25) is 4.79 Å². The Kier molecular flexibility index (Phi) is 4.04. The van der Waals surface area contributed by atoms with Crippen molar-refractivity contribution in [1.29, 1.82) is 0 Å². The van der Waals surface area contributed by atoms with Crippen LogP contribution in [-0.2, 0) is 6.42 Å². The van der Waals surface area contributed by atoms with Gasteiger partial charge in [-0.2, -0.15) is 0 Å². The molecule has 5 heteroatoms. The van der Waals surface area contributed by atoms with Gasteiger partial charge < -0.3 is 0 Å². The van der Waals surface area contributed by atoms with Gasteiger partial charge in [0.05, 0.1) is 5.56 Å². The van der Waals surface area contributed by atoms with Crippen molar-refractivity contribution in [3.05, 3.63) is 69.4 Å². The lowest BCUT2D eigenvalue weighted by Crippen LogP contribution is -2.08. The number of halogens is 4. The summed E-state index contributed by atoms with van der Waals surface area (Å²) < 4.78 is 40.5. The zero-order valence-corrected chi connectivity index (χ0v) is 11.2. The summed E-state index contributed by atoms with van der Waals surface area (Å²) >= 11 is 3.12. The Labute approximate surface area is 116 Å². The van der Waals surface area contributed by atoms with E-state index in [1.165, 1.54) is 24.3 Å². The third-order valence-corrected chi connectivity index (χ3v) is 3.10. The Bertz CT molecular complexity index is 641. The topological polar surface area (TPSA) is 17.1 Å². The first-order valence-corrected chi connectivity index (χ1v) is 6.19. The van der Waals surface area contributed by atoms with E-state index in [0.29, 0.717) is 4.47 Å². The third-order valence-electron chi connectivity index (χ3n) is 2.61. The van der Waals surface area contributed by atoms with E-state index in [1.807, 2.05) is 0 Å². The van der Waals surface area contributed by atoms with Gasteiger partial charge >= 0.3 is 0 Å². The summed E-state index contributed by atoms with van der Waals surface area (Å²) in [5.74, 6) is -3.40. The number of Topliss-reactive ketones (excluding diaryl/α,β-unsaturated/α-hetero) is 1. The molecule has 2 rings (SSSR count). The van der Waals surface area contributed by atoms with Crippen molar-refractivity contribution in [2.75, 3.05) is 0 Å². The van der Waals surface area contributed by atoms with Crippen LogP contribution in [0.3, 0.4) is 0 Å². The Balaban J connectivity index is 2.31. The van der Waals surface area contributed by atoms with Crippen molar-refractivity contribution in [1.82, 2.24) is 0 Å². The molecule has 0 heterocycles. The maximum Gasteiger partial charge on any atom is 0.170 e. The molecule has 0 N–H and O–H groups in total. The van der Waals surface area contributed by atoms with Crippen LogP contribution < -0.4 is 0 Å². The summed E-state index contributed by atoms with van der Waals surface area (Å²) in [4.78, 5) is 11.9. The highest BCUT2D eigenvalue weighted by atomic mass is 79.9. The molecule has 0 unspecified atom stereocenters. The average Bonchev–Trinajstić information content (AvgIpc) is 2.38. The summed E-state index contributed by atoms with van der Waals surface area (Å²) in [5, 5.41) is 0. The number of rotatable bonds is 3. The van der Waals surface area contributed by atoms with E-state index in [4.69, 9.17) is 0 Å². The van der Waals surface area contributed by atoms with Crippen molar-refractivity contribution >= 4 is 21.7 Å². The zero-order chi connectivity index (χ0) is 14.0. The van der Waals surface area contributed by atoms with Crippen LogP contribution in [0, 0.1) is 17.5 Å². The van der Waals surface area contributed by atoms with Crippen LogP contribution >= 0.6 is 15.9 Å². The van der Waals surface area contributed by atoms with Gasteiger partial charge in [0.15, 0.2) is 17.4 Å². The van der Waals surface area contributed by atoms with E-state index in [9.17, 15) is 18.0 Å². The zero-order valence-electron chi connectivity index (χ0n) is 9.59. The Morgan fingerprint density at radius 3 is 2.53 bits per heavy atom. The van der Waals surface area contributed by atoms with Crippen LogP contribution in [0.1, 0.15) is 15.9 Å². The molecule has 0 amide bonds. The maximum absolute atomic E-state index is 13.5. The molecule has 98 valence electrons. The lowest BCUT2D eigenvalue weighted by atomic mass is 10.0. The van der Waals surface area contributed by atoms with E-state index in [2.05, 4.69) is 15.9 Å². The van der Waals surface area contributed by atoms with Crippen LogP contribution in [0.4, 0.5) is 13.2 Å². The molecule has 0 radical (unpaired) electrons. The molecular weight excluding hydrogens is 321 g/mol. The van der Waals surface area contributed by atoms with E-state index < -0.39 is 29.7 Å². The first kappa shape index (κ1) is 13.8. The van der Waals surface area contributed by atoms with Gasteiger partial charge in [0.1, 0.15) is 5.82 Å². The molecule has 0 aromatic heterocycles. The Morgan fingerprint density at radius 1 is 1.05 bits per heavy atom. The van der Waals surface area contributed by atoms with Gasteiger partial charge in [-0.05, 0) is 29.8 Å². The molecule has 0 saturated heterocycles. The van der Waals surface area contributed by atoms with Gasteiger partial charge in [-0.25, -0.2) is 13.2 Å². The summed E-state index contributed by atoms with van der Waals surface area (Å²) in [7, 11) is 0. The first-order chi connectivity index (χ1) is 8.99. The Morgan fingerprint density at radius 2 is 1.79 bits per heavy atom. The number of carbonyl (C=O) groups is 1. The van der Waals surface area contributed by atoms with E-state index in [1.54, 1.807) is 0 Å². The van der Waals surface area contributed by atoms with Crippen molar-refractivity contribution < 1.29 is 18.0 Å². The highest BCUT2D eigenvalue weighted by Gasteiger charge is 2.16. The number of ketones is 1. The fourth-order valence-corrected chi connectivity index (χ4v) is 2.03. The van der Waals surface area contributed by atoms with Crippen molar-refractivity contribution in [2.45, 2.75) is 6.42 Å². The second-order valence-corrected chi connectivity index (χ2v) is 4.85. The van der Waals surface area contributed by atoms with Crippen molar-refractivity contribution in [2.24, 2.45) is 0 Å². The van der Waals surface area contributed by atoms with E-state index >= 15 is 0 Å². The second kappa shape index (κ2) is 5.57. The smallest absolute Gasteiger partial charge is 0.170 e. The molecule has 0 fully saturated rings. The summed E-state index contributed by atoms with van der Waals surface area (Å²) in [5.41, 5.74) is -0.248. The van der Waals surface area contributed by atoms with E-state index in [-0.39, 0.29) is 11.1 Å². The molecule has 0 atom stereocenters. The van der Waals surface area contributed by atoms with Gasteiger partial charge in [-0.1, -0.05) is 28.1 Å². The standard InChI is InChI=1S/C14H8BrF3O/c15-9-4-5-11(16)10(7-9)13(19)6-8-2-1-3-12(17)14(8)18/h1-5,7H,6H2. The molecule has 0 saturated carbocycles. The highest BCUT2D eigenvalue weighted by molar-refractivity contribution is 9.10. The van der Waals surface area contributed by atoms with E-state index in [0.717, 1.165) is 12.1 Å². The number of benzene rings is 2. The molecule has 0 aliphatic rings. The van der Waals surface area contributed by atoms with Crippen LogP contribution in [0.15, 0.2) is 40.9 Å². The van der Waals surface area contributed by atoms with Gasteiger partial charge in [0.2, 0.25) is 0 Å². The monoisotopic (exact) mass is 328 g/mol. The first-order valence-electron chi connectivity index (χ1n) is 5.40. The summed E-state index contributed by atoms with van der Waals surface area (Å²) in [6.45, 7) is 0. The van der Waals surface area contributed by atoms with Gasteiger partial charge in [0.25, 0.3) is 0 Å². The van der Waals surface area contributed by atoms with Crippen molar-refractivity contribution in [3.8, 4) is 0 Å². The number of hydrogen-bond acceptors (Lipinski definition) is 1. The van der Waals surface area contributed by atoms with Gasteiger partial charge in [-0.15, -0.1) is 0 Å². The Hall–Kier alpha value is -1.62. The minimum atomic E-state index is -1.08. The normalized spacial score (nSPS) is 10.5. The van der Waals surface area contributed by atoms with Crippen LogP contribution in [-0.4, -0.2) is 5.78 Å². The largest absolute Gasteiger partial charge is 0.294 e. The second-order valence-electron chi connectivity index (χ2n) is 3.94. The number of hydrogen-bond donors (Lipinski definition) is 0. The average molecular weight is 329 g/mol. The minimum absolute atomic E-state index is 0.0932. The molecule has 19 heavy (non-hydrogen) atoms. The fraction of sp³-hybridized carbons (Fsp3) is 0.0714. The highest BCUT2D eigenvalue weighted by Crippen LogP contribution is 2.19. The maximum atomic E-state index is 13.5. The number of carbonyl (C=O) groups excluding carboxylic acids is 1. The molecule has 0 spiro atoms. The van der Waals surface area contributed by atoms with Gasteiger partial charge in [0, 0.05) is 10.9 Å². The molecule has 0 aliphatic carbocycles. The SMILES string of the molecule is O=C(Cc1cccc(F)c1F)c1cc(Br)ccc1F. The molecule has 0 aliphatic heterocycles. The lowest BCUT2D eigenvalue weighted by Gasteiger charge is -2.05. The van der Waals surface area contributed by atoms with Crippen LogP contribution in [0.5, 0.6) is 0 Å². The predicted molar refractivity (Wildman–Crippen MR) is 68.5 cm³/mol. The van der Waals surface area contributed by atoms with Crippen LogP contribution in [0.2, 0.25) is 0 Å².